The zero-order valence-corrected chi connectivity index (χ0v) is 15.4. The van der Waals surface area contributed by atoms with Gasteiger partial charge in [-0.3, -0.25) is 4.79 Å². The summed E-state index contributed by atoms with van der Waals surface area (Å²) in [6.07, 6.45) is 2.76. The molecular weight excluding hydrogens is 377 g/mol. The maximum Gasteiger partial charge on any atom is 0.337 e. The van der Waals surface area contributed by atoms with Gasteiger partial charge in [0.05, 0.1) is 23.4 Å². The Bertz CT molecular complexity index is 1010. The van der Waals surface area contributed by atoms with Gasteiger partial charge in [0, 0.05) is 23.7 Å². The Labute approximate surface area is 159 Å². The standard InChI is InChI=1S/C18H13Cl2N3O3/c1-23(17(24)14-3-4-21-9-22-14)15-7-11(18(25)26-2)5-10-6-12(19)8-13(20)16(10)15/h3-9H,1-2H3. The molecular formula is C18H13Cl2N3O3. The third-order valence-electron chi connectivity index (χ3n) is 3.83. The van der Waals surface area contributed by atoms with Crippen LogP contribution in [0, 0.1) is 0 Å². The SMILES string of the molecule is COC(=O)c1cc(N(C)C(=O)c2ccncn2)c2c(Cl)cc(Cl)cc2c1. The summed E-state index contributed by atoms with van der Waals surface area (Å²) in [5.41, 5.74) is 0.924. The zero-order valence-electron chi connectivity index (χ0n) is 13.9. The number of anilines is 1. The molecule has 0 unspecified atom stereocenters. The second-order valence-corrected chi connectivity index (χ2v) is 6.28. The number of ether oxygens (including phenoxy) is 1. The highest BCUT2D eigenvalue weighted by Crippen LogP contribution is 2.36. The molecule has 1 amide bonds. The number of methoxy groups -OCH3 is 1. The number of hydrogen-bond donors (Lipinski definition) is 0. The topological polar surface area (TPSA) is 72.4 Å². The molecule has 0 aliphatic heterocycles. The number of carbonyl (C=O) groups is 2. The Morgan fingerprint density at radius 1 is 1.15 bits per heavy atom. The van der Waals surface area contributed by atoms with E-state index in [1.165, 1.54) is 30.6 Å². The lowest BCUT2D eigenvalue weighted by Crippen LogP contribution is -2.27. The molecule has 132 valence electrons. The average molecular weight is 390 g/mol. The minimum Gasteiger partial charge on any atom is -0.465 e. The molecule has 0 fully saturated rings. The average Bonchev–Trinajstić information content (AvgIpc) is 2.65. The molecule has 3 aromatic rings. The minimum atomic E-state index is -0.535. The molecule has 0 aliphatic rings. The zero-order chi connectivity index (χ0) is 18.8. The molecule has 8 heteroatoms. The number of halogens is 2. The number of hydrogen-bond acceptors (Lipinski definition) is 5. The Morgan fingerprint density at radius 2 is 1.92 bits per heavy atom. The van der Waals surface area contributed by atoms with E-state index in [0.29, 0.717) is 26.5 Å². The summed E-state index contributed by atoms with van der Waals surface area (Å²) < 4.78 is 4.80. The predicted octanol–water partition coefficient (Wildman–Crippen LogP) is 4.00. The molecule has 3 rings (SSSR count). The van der Waals surface area contributed by atoms with E-state index in [0.717, 1.165) is 0 Å². The van der Waals surface area contributed by atoms with Gasteiger partial charge < -0.3 is 9.64 Å². The molecule has 0 N–H and O–H groups in total. The van der Waals surface area contributed by atoms with Crippen LogP contribution in [-0.4, -0.2) is 36.0 Å². The molecule has 1 aromatic heterocycles. The smallest absolute Gasteiger partial charge is 0.337 e. The molecule has 2 aromatic carbocycles. The number of aromatic nitrogens is 2. The van der Waals surface area contributed by atoms with Gasteiger partial charge in [-0.15, -0.1) is 0 Å². The van der Waals surface area contributed by atoms with Crippen molar-refractivity contribution in [1.82, 2.24) is 9.97 Å². The van der Waals surface area contributed by atoms with E-state index in [1.54, 1.807) is 31.3 Å². The molecule has 26 heavy (non-hydrogen) atoms. The fourth-order valence-corrected chi connectivity index (χ4v) is 3.21. The fraction of sp³-hybridized carbons (Fsp3) is 0.111. The predicted molar refractivity (Wildman–Crippen MR) is 100 cm³/mol. The lowest BCUT2D eigenvalue weighted by atomic mass is 10.0. The first-order valence-corrected chi connectivity index (χ1v) is 8.23. The van der Waals surface area contributed by atoms with Crippen LogP contribution in [0.3, 0.4) is 0 Å². The molecule has 0 saturated carbocycles. The van der Waals surface area contributed by atoms with Crippen molar-refractivity contribution in [1.29, 1.82) is 0 Å². The summed E-state index contributed by atoms with van der Waals surface area (Å²) in [6, 6.07) is 7.92. The van der Waals surface area contributed by atoms with Crippen molar-refractivity contribution in [2.24, 2.45) is 0 Å². The number of fused-ring (bicyclic) bond motifs is 1. The van der Waals surface area contributed by atoms with Gasteiger partial charge in [0.1, 0.15) is 12.0 Å². The van der Waals surface area contributed by atoms with E-state index in [9.17, 15) is 9.59 Å². The Morgan fingerprint density at radius 3 is 2.58 bits per heavy atom. The van der Waals surface area contributed by atoms with Gasteiger partial charge in [0.25, 0.3) is 5.91 Å². The molecule has 0 spiro atoms. The lowest BCUT2D eigenvalue weighted by molar-refractivity contribution is 0.0600. The van der Waals surface area contributed by atoms with Crippen LogP contribution in [-0.2, 0) is 4.74 Å². The third-order valence-corrected chi connectivity index (χ3v) is 4.35. The molecule has 1 heterocycles. The number of nitrogens with zero attached hydrogens (tertiary/aromatic N) is 3. The van der Waals surface area contributed by atoms with Crippen LogP contribution in [0.1, 0.15) is 20.8 Å². The second-order valence-electron chi connectivity index (χ2n) is 5.43. The normalized spacial score (nSPS) is 10.6. The summed E-state index contributed by atoms with van der Waals surface area (Å²) >= 11 is 12.4. The van der Waals surface area contributed by atoms with Gasteiger partial charge >= 0.3 is 5.97 Å². The van der Waals surface area contributed by atoms with Crippen molar-refractivity contribution >= 4 is 51.5 Å². The van der Waals surface area contributed by atoms with Crippen molar-refractivity contribution in [2.45, 2.75) is 0 Å². The van der Waals surface area contributed by atoms with E-state index in [4.69, 9.17) is 27.9 Å². The summed E-state index contributed by atoms with van der Waals surface area (Å²) in [5, 5.41) is 1.98. The van der Waals surface area contributed by atoms with Crippen LogP contribution in [0.25, 0.3) is 10.8 Å². The molecule has 0 bridgehead atoms. The van der Waals surface area contributed by atoms with E-state index in [-0.39, 0.29) is 17.2 Å². The van der Waals surface area contributed by atoms with E-state index < -0.39 is 5.97 Å². The van der Waals surface area contributed by atoms with Gasteiger partial charge in [0.15, 0.2) is 0 Å². The van der Waals surface area contributed by atoms with Crippen molar-refractivity contribution in [3.05, 3.63) is 64.2 Å². The second kappa shape index (κ2) is 7.27. The van der Waals surface area contributed by atoms with Gasteiger partial charge in [-0.2, -0.15) is 0 Å². The van der Waals surface area contributed by atoms with E-state index in [2.05, 4.69) is 9.97 Å². The number of carbonyl (C=O) groups excluding carboxylic acids is 2. The first kappa shape index (κ1) is 18.1. The van der Waals surface area contributed by atoms with Crippen molar-refractivity contribution < 1.29 is 14.3 Å². The highest BCUT2D eigenvalue weighted by atomic mass is 35.5. The van der Waals surface area contributed by atoms with Crippen LogP contribution < -0.4 is 4.90 Å². The number of benzene rings is 2. The highest BCUT2D eigenvalue weighted by Gasteiger charge is 2.21. The molecule has 0 aliphatic carbocycles. The van der Waals surface area contributed by atoms with Crippen LogP contribution in [0.4, 0.5) is 5.69 Å². The van der Waals surface area contributed by atoms with Crippen LogP contribution in [0.2, 0.25) is 10.0 Å². The summed E-state index contributed by atoms with van der Waals surface area (Å²) in [6.45, 7) is 0. The Hall–Kier alpha value is -2.70. The Kier molecular flexibility index (Phi) is 5.06. The van der Waals surface area contributed by atoms with Crippen molar-refractivity contribution in [3.63, 3.8) is 0 Å². The molecule has 0 saturated heterocycles. The van der Waals surface area contributed by atoms with Gasteiger partial charge in [0.2, 0.25) is 0 Å². The van der Waals surface area contributed by atoms with E-state index in [1.807, 2.05) is 0 Å². The minimum absolute atomic E-state index is 0.212. The number of esters is 1. The fourth-order valence-electron chi connectivity index (χ4n) is 2.60. The number of amides is 1. The highest BCUT2D eigenvalue weighted by molar-refractivity contribution is 6.40. The maximum atomic E-state index is 12.8. The van der Waals surface area contributed by atoms with Gasteiger partial charge in [-0.1, -0.05) is 23.2 Å². The van der Waals surface area contributed by atoms with E-state index >= 15 is 0 Å². The van der Waals surface area contributed by atoms with Gasteiger partial charge in [-0.25, -0.2) is 14.8 Å². The monoisotopic (exact) mass is 389 g/mol. The molecule has 6 nitrogen and oxygen atoms in total. The summed E-state index contributed by atoms with van der Waals surface area (Å²) in [7, 11) is 2.86. The molecule has 0 radical (unpaired) electrons. The third kappa shape index (κ3) is 3.34. The molecule has 0 atom stereocenters. The van der Waals surface area contributed by atoms with Crippen molar-refractivity contribution in [2.75, 3.05) is 19.1 Å². The summed E-state index contributed by atoms with van der Waals surface area (Å²) in [5.74, 6) is -0.908. The van der Waals surface area contributed by atoms with Crippen LogP contribution in [0.5, 0.6) is 0 Å². The van der Waals surface area contributed by atoms with Crippen LogP contribution >= 0.6 is 23.2 Å². The van der Waals surface area contributed by atoms with Gasteiger partial charge in [-0.05, 0) is 35.7 Å². The van der Waals surface area contributed by atoms with Crippen molar-refractivity contribution in [3.8, 4) is 0 Å². The maximum absolute atomic E-state index is 12.8. The Balaban J connectivity index is 2.22. The van der Waals surface area contributed by atoms with Crippen LogP contribution in [0.15, 0.2) is 42.9 Å². The number of rotatable bonds is 3. The largest absolute Gasteiger partial charge is 0.465 e. The quantitative estimate of drug-likeness (QED) is 0.632. The summed E-state index contributed by atoms with van der Waals surface area (Å²) in [4.78, 5) is 33.9. The first-order chi connectivity index (χ1) is 12.4. The first-order valence-electron chi connectivity index (χ1n) is 7.47. The lowest BCUT2D eigenvalue weighted by Gasteiger charge is -2.21.